The number of rotatable bonds is 2. The minimum atomic E-state index is -0.258. The van der Waals surface area contributed by atoms with Gasteiger partial charge in [-0.1, -0.05) is 0 Å². The zero-order valence-electron chi connectivity index (χ0n) is 11.6. The number of hydrogen-bond donors (Lipinski definition) is 0. The maximum Gasteiger partial charge on any atom is 0.227 e. The number of halogens is 1. The van der Waals surface area contributed by atoms with Crippen LogP contribution in [0.4, 0.5) is 10.1 Å². The Morgan fingerprint density at radius 2 is 1.76 bits per heavy atom. The molecule has 0 unspecified atom stereocenters. The standard InChI is InChI=1S/C17H15FN2O/c18-13-5-3-12(4-6-13)17-19-15-11-14(7-8-16(15)21-17)20-9-1-2-10-20/h3-8,11H,1-2,9-10H2. The summed E-state index contributed by atoms with van der Waals surface area (Å²) < 4.78 is 18.7. The molecule has 3 aromatic rings. The highest BCUT2D eigenvalue weighted by Gasteiger charge is 2.14. The number of benzene rings is 2. The molecule has 3 nitrogen and oxygen atoms in total. The van der Waals surface area contributed by atoms with E-state index in [2.05, 4.69) is 22.0 Å². The van der Waals surface area contributed by atoms with Crippen molar-refractivity contribution in [2.75, 3.05) is 18.0 Å². The van der Waals surface area contributed by atoms with Crippen LogP contribution >= 0.6 is 0 Å². The maximum absolute atomic E-state index is 13.0. The fraction of sp³-hybridized carbons (Fsp3) is 0.235. The van der Waals surface area contributed by atoms with E-state index in [1.54, 1.807) is 12.1 Å². The third kappa shape index (κ3) is 2.27. The molecule has 21 heavy (non-hydrogen) atoms. The lowest BCUT2D eigenvalue weighted by Gasteiger charge is -2.16. The summed E-state index contributed by atoms with van der Waals surface area (Å²) in [4.78, 5) is 6.90. The van der Waals surface area contributed by atoms with E-state index in [-0.39, 0.29) is 5.82 Å². The second-order valence-electron chi connectivity index (χ2n) is 5.37. The first-order valence-corrected chi connectivity index (χ1v) is 7.21. The Kier molecular flexibility index (Phi) is 2.88. The van der Waals surface area contributed by atoms with Gasteiger partial charge in [0.05, 0.1) is 0 Å². The molecule has 0 aliphatic carbocycles. The van der Waals surface area contributed by atoms with Crippen LogP contribution in [0.2, 0.25) is 0 Å². The number of oxazole rings is 1. The Morgan fingerprint density at radius 3 is 2.52 bits per heavy atom. The van der Waals surface area contributed by atoms with Crippen LogP contribution in [0.1, 0.15) is 12.8 Å². The third-order valence-electron chi connectivity index (χ3n) is 3.93. The van der Waals surface area contributed by atoms with Gasteiger partial charge in [-0.15, -0.1) is 0 Å². The van der Waals surface area contributed by atoms with Gasteiger partial charge < -0.3 is 9.32 Å². The minimum Gasteiger partial charge on any atom is -0.436 e. The van der Waals surface area contributed by atoms with Crippen LogP contribution in [0, 0.1) is 5.82 Å². The molecular weight excluding hydrogens is 267 g/mol. The Morgan fingerprint density at radius 1 is 1.00 bits per heavy atom. The summed E-state index contributed by atoms with van der Waals surface area (Å²) in [6, 6.07) is 12.3. The highest BCUT2D eigenvalue weighted by atomic mass is 19.1. The lowest BCUT2D eigenvalue weighted by atomic mass is 10.2. The summed E-state index contributed by atoms with van der Waals surface area (Å²) >= 11 is 0. The summed E-state index contributed by atoms with van der Waals surface area (Å²) in [5, 5.41) is 0. The van der Waals surface area contributed by atoms with E-state index in [0.29, 0.717) is 5.89 Å². The third-order valence-corrected chi connectivity index (χ3v) is 3.93. The van der Waals surface area contributed by atoms with E-state index >= 15 is 0 Å². The van der Waals surface area contributed by atoms with E-state index in [0.717, 1.165) is 29.8 Å². The van der Waals surface area contributed by atoms with Gasteiger partial charge in [0.15, 0.2) is 5.58 Å². The van der Waals surface area contributed by atoms with E-state index in [4.69, 9.17) is 4.42 Å². The van der Waals surface area contributed by atoms with Crippen molar-refractivity contribution in [2.45, 2.75) is 12.8 Å². The first-order chi connectivity index (χ1) is 10.3. The maximum atomic E-state index is 13.0. The largest absolute Gasteiger partial charge is 0.436 e. The molecule has 4 rings (SSSR count). The van der Waals surface area contributed by atoms with Crippen LogP contribution in [0.15, 0.2) is 46.9 Å². The highest BCUT2D eigenvalue weighted by Crippen LogP contribution is 2.28. The number of hydrogen-bond acceptors (Lipinski definition) is 3. The Bertz CT molecular complexity index is 773. The van der Waals surface area contributed by atoms with Crippen LogP contribution in [0.25, 0.3) is 22.6 Å². The van der Waals surface area contributed by atoms with E-state index in [9.17, 15) is 4.39 Å². The first kappa shape index (κ1) is 12.4. The van der Waals surface area contributed by atoms with Gasteiger partial charge in [-0.05, 0) is 55.3 Å². The van der Waals surface area contributed by atoms with Crippen molar-refractivity contribution in [1.29, 1.82) is 0 Å². The molecule has 2 heterocycles. The lowest BCUT2D eigenvalue weighted by Crippen LogP contribution is -2.17. The van der Waals surface area contributed by atoms with Gasteiger partial charge in [0, 0.05) is 24.3 Å². The summed E-state index contributed by atoms with van der Waals surface area (Å²) in [5.74, 6) is 0.273. The molecule has 1 aliphatic heterocycles. The molecule has 0 bridgehead atoms. The Balaban J connectivity index is 1.73. The zero-order valence-corrected chi connectivity index (χ0v) is 11.6. The fourth-order valence-corrected chi connectivity index (χ4v) is 2.80. The van der Waals surface area contributed by atoms with Crippen molar-refractivity contribution >= 4 is 16.8 Å². The molecule has 1 saturated heterocycles. The van der Waals surface area contributed by atoms with Gasteiger partial charge in [-0.3, -0.25) is 0 Å². The molecule has 4 heteroatoms. The molecule has 0 atom stereocenters. The second-order valence-corrected chi connectivity index (χ2v) is 5.37. The average Bonchev–Trinajstić information content (AvgIpc) is 3.16. The summed E-state index contributed by atoms with van der Waals surface area (Å²) in [6.45, 7) is 2.21. The van der Waals surface area contributed by atoms with Crippen LogP contribution in [-0.4, -0.2) is 18.1 Å². The molecule has 2 aromatic carbocycles. The van der Waals surface area contributed by atoms with E-state index < -0.39 is 0 Å². The number of anilines is 1. The molecule has 1 aromatic heterocycles. The molecule has 1 fully saturated rings. The summed E-state index contributed by atoms with van der Waals surface area (Å²) in [5.41, 5.74) is 3.59. The van der Waals surface area contributed by atoms with Crippen molar-refractivity contribution in [3.8, 4) is 11.5 Å². The minimum absolute atomic E-state index is 0.258. The van der Waals surface area contributed by atoms with Crippen molar-refractivity contribution in [3.05, 3.63) is 48.3 Å². The monoisotopic (exact) mass is 282 g/mol. The van der Waals surface area contributed by atoms with Crippen molar-refractivity contribution in [1.82, 2.24) is 4.98 Å². The molecule has 0 N–H and O–H groups in total. The highest BCUT2D eigenvalue weighted by molar-refractivity contribution is 5.80. The molecule has 1 aliphatic rings. The smallest absolute Gasteiger partial charge is 0.227 e. The van der Waals surface area contributed by atoms with Gasteiger partial charge in [-0.2, -0.15) is 0 Å². The van der Waals surface area contributed by atoms with Gasteiger partial charge in [0.2, 0.25) is 5.89 Å². The molecule has 106 valence electrons. The summed E-state index contributed by atoms with van der Waals surface area (Å²) in [6.07, 6.45) is 2.50. The van der Waals surface area contributed by atoms with Gasteiger partial charge >= 0.3 is 0 Å². The Hall–Kier alpha value is -2.36. The molecule has 0 radical (unpaired) electrons. The van der Waals surface area contributed by atoms with Gasteiger partial charge in [0.25, 0.3) is 0 Å². The van der Waals surface area contributed by atoms with Crippen LogP contribution in [-0.2, 0) is 0 Å². The van der Waals surface area contributed by atoms with E-state index in [1.165, 1.54) is 30.7 Å². The lowest BCUT2D eigenvalue weighted by molar-refractivity contribution is 0.616. The molecule has 0 spiro atoms. The van der Waals surface area contributed by atoms with E-state index in [1.807, 2.05) is 6.07 Å². The fourth-order valence-electron chi connectivity index (χ4n) is 2.80. The first-order valence-electron chi connectivity index (χ1n) is 7.21. The molecule has 0 saturated carbocycles. The number of aromatic nitrogens is 1. The second kappa shape index (κ2) is 4.88. The normalized spacial score (nSPS) is 15.0. The molecule has 0 amide bonds. The topological polar surface area (TPSA) is 29.3 Å². The predicted molar refractivity (Wildman–Crippen MR) is 80.9 cm³/mol. The molecular formula is C17H15FN2O. The van der Waals surface area contributed by atoms with Gasteiger partial charge in [-0.25, -0.2) is 9.37 Å². The SMILES string of the molecule is Fc1ccc(-c2nc3cc(N4CCCC4)ccc3o2)cc1. The number of fused-ring (bicyclic) bond motifs is 1. The van der Waals surface area contributed by atoms with Crippen LogP contribution in [0.3, 0.4) is 0 Å². The van der Waals surface area contributed by atoms with Crippen molar-refractivity contribution in [3.63, 3.8) is 0 Å². The zero-order chi connectivity index (χ0) is 14.2. The number of nitrogens with zero attached hydrogens (tertiary/aromatic N) is 2. The van der Waals surface area contributed by atoms with Crippen molar-refractivity contribution in [2.24, 2.45) is 0 Å². The predicted octanol–water partition coefficient (Wildman–Crippen LogP) is 4.23. The van der Waals surface area contributed by atoms with Crippen LogP contribution in [0.5, 0.6) is 0 Å². The summed E-state index contributed by atoms with van der Waals surface area (Å²) in [7, 11) is 0. The van der Waals surface area contributed by atoms with Gasteiger partial charge in [0.1, 0.15) is 11.3 Å². The Labute approximate surface area is 122 Å². The quantitative estimate of drug-likeness (QED) is 0.704. The average molecular weight is 282 g/mol. The van der Waals surface area contributed by atoms with Crippen molar-refractivity contribution < 1.29 is 8.81 Å². The van der Waals surface area contributed by atoms with Crippen LogP contribution < -0.4 is 4.90 Å².